The number of carbonyl (C=O) groups is 1. The number of carbonyl (C=O) groups excluding carboxylic acids is 1. The number of aromatic amines is 1. The summed E-state index contributed by atoms with van der Waals surface area (Å²) in [5.74, 6) is 2.72. The zero-order chi connectivity index (χ0) is 13.2. The summed E-state index contributed by atoms with van der Waals surface area (Å²) in [7, 11) is 0. The van der Waals surface area contributed by atoms with Crippen LogP contribution in [-0.4, -0.2) is 15.8 Å². The summed E-state index contributed by atoms with van der Waals surface area (Å²) < 4.78 is 0. The van der Waals surface area contributed by atoms with Crippen LogP contribution >= 0.6 is 0 Å². The highest BCUT2D eigenvalue weighted by molar-refractivity contribution is 5.79. The lowest BCUT2D eigenvalue weighted by Gasteiger charge is -2.21. The minimum absolute atomic E-state index is 0.423. The van der Waals surface area contributed by atoms with Crippen molar-refractivity contribution in [2.24, 2.45) is 0 Å². The average molecular weight is 260 g/mol. The number of nitrogens with zero attached hydrogens (tertiary/aromatic N) is 1. The Labute approximate surface area is 115 Å². The van der Waals surface area contributed by atoms with Gasteiger partial charge in [-0.3, -0.25) is 4.79 Å². The number of hydrogen-bond acceptors (Lipinski definition) is 2. The number of aromatic nitrogens is 2. The topological polar surface area (TPSA) is 45.8 Å². The van der Waals surface area contributed by atoms with Crippen molar-refractivity contribution >= 4 is 5.78 Å². The minimum Gasteiger partial charge on any atom is -0.346 e. The second-order valence-corrected chi connectivity index (χ2v) is 6.28. The third-order valence-electron chi connectivity index (χ3n) is 4.86. The molecule has 0 radical (unpaired) electrons. The fraction of sp³-hybridized carbons (Fsp3) is 0.750. The van der Waals surface area contributed by atoms with Gasteiger partial charge in [-0.2, -0.15) is 0 Å². The molecule has 0 saturated heterocycles. The standard InChI is InChI=1S/C16H24N2O/c1-11-15(12-5-3-2-4-6-12)18-16(17-11)13-7-9-14(19)10-8-13/h12-13H,2-10H2,1H3,(H,17,18). The van der Waals surface area contributed by atoms with Crippen LogP contribution in [0.1, 0.15) is 86.8 Å². The van der Waals surface area contributed by atoms with Crippen LogP contribution < -0.4 is 0 Å². The van der Waals surface area contributed by atoms with Gasteiger partial charge in [-0.05, 0) is 32.6 Å². The zero-order valence-corrected chi connectivity index (χ0v) is 11.9. The van der Waals surface area contributed by atoms with Gasteiger partial charge >= 0.3 is 0 Å². The number of H-pyrrole nitrogens is 1. The number of aryl methyl sites for hydroxylation is 1. The zero-order valence-electron chi connectivity index (χ0n) is 11.9. The quantitative estimate of drug-likeness (QED) is 0.873. The third-order valence-corrected chi connectivity index (χ3v) is 4.86. The van der Waals surface area contributed by atoms with Crippen LogP contribution in [0, 0.1) is 6.92 Å². The van der Waals surface area contributed by atoms with E-state index in [4.69, 9.17) is 4.98 Å². The molecule has 3 heteroatoms. The van der Waals surface area contributed by atoms with E-state index < -0.39 is 0 Å². The molecule has 0 atom stereocenters. The fourth-order valence-electron chi connectivity index (χ4n) is 3.68. The van der Waals surface area contributed by atoms with Crippen LogP contribution in [0.2, 0.25) is 0 Å². The Morgan fingerprint density at radius 2 is 1.68 bits per heavy atom. The van der Waals surface area contributed by atoms with Crippen molar-refractivity contribution in [3.05, 3.63) is 17.2 Å². The Kier molecular flexibility index (Phi) is 3.72. The van der Waals surface area contributed by atoms with E-state index in [1.807, 2.05) is 0 Å². The number of imidazole rings is 1. The van der Waals surface area contributed by atoms with Gasteiger partial charge in [0.2, 0.25) is 0 Å². The maximum absolute atomic E-state index is 11.3. The Bertz CT molecular complexity index is 447. The van der Waals surface area contributed by atoms with E-state index in [9.17, 15) is 4.79 Å². The molecule has 0 spiro atoms. The number of hydrogen-bond donors (Lipinski definition) is 1. The Hall–Kier alpha value is -1.12. The summed E-state index contributed by atoms with van der Waals surface area (Å²) in [6.07, 6.45) is 10.1. The smallest absolute Gasteiger partial charge is 0.132 e. The maximum Gasteiger partial charge on any atom is 0.132 e. The fourth-order valence-corrected chi connectivity index (χ4v) is 3.68. The molecule has 3 nitrogen and oxygen atoms in total. The highest BCUT2D eigenvalue weighted by Gasteiger charge is 2.26. The molecule has 2 saturated carbocycles. The van der Waals surface area contributed by atoms with Gasteiger partial charge in [-0.25, -0.2) is 4.98 Å². The molecule has 1 aromatic rings. The first-order chi connectivity index (χ1) is 9.24. The molecule has 0 aromatic carbocycles. The lowest BCUT2D eigenvalue weighted by molar-refractivity contribution is -0.120. The van der Waals surface area contributed by atoms with E-state index >= 15 is 0 Å². The first-order valence-electron chi connectivity index (χ1n) is 7.82. The predicted molar refractivity (Wildman–Crippen MR) is 75.4 cm³/mol. The molecule has 1 heterocycles. The molecule has 1 N–H and O–H groups in total. The van der Waals surface area contributed by atoms with E-state index in [1.165, 1.54) is 43.5 Å². The molecule has 0 bridgehead atoms. The van der Waals surface area contributed by atoms with Gasteiger partial charge < -0.3 is 4.98 Å². The van der Waals surface area contributed by atoms with Gasteiger partial charge in [-0.15, -0.1) is 0 Å². The SMILES string of the molecule is Cc1[nH]c(C2CCC(=O)CC2)nc1C1CCCCC1. The monoisotopic (exact) mass is 260 g/mol. The van der Waals surface area contributed by atoms with Crippen molar-refractivity contribution in [1.29, 1.82) is 0 Å². The Balaban J connectivity index is 1.75. The van der Waals surface area contributed by atoms with E-state index in [0.29, 0.717) is 17.6 Å². The van der Waals surface area contributed by atoms with Crippen LogP contribution in [0.3, 0.4) is 0 Å². The largest absolute Gasteiger partial charge is 0.346 e. The van der Waals surface area contributed by atoms with E-state index in [-0.39, 0.29) is 0 Å². The van der Waals surface area contributed by atoms with Crippen LogP contribution in [0.5, 0.6) is 0 Å². The molecule has 2 aliphatic rings. The molecule has 1 aromatic heterocycles. The summed E-state index contributed by atoms with van der Waals surface area (Å²) >= 11 is 0. The van der Waals surface area contributed by atoms with E-state index in [0.717, 1.165) is 31.5 Å². The molecule has 2 fully saturated rings. The van der Waals surface area contributed by atoms with Crippen molar-refractivity contribution in [3.63, 3.8) is 0 Å². The second-order valence-electron chi connectivity index (χ2n) is 6.28. The Morgan fingerprint density at radius 1 is 1.00 bits per heavy atom. The third kappa shape index (κ3) is 2.75. The van der Waals surface area contributed by atoms with Gasteiger partial charge in [0.05, 0.1) is 5.69 Å². The maximum atomic E-state index is 11.3. The summed E-state index contributed by atoms with van der Waals surface area (Å²) in [4.78, 5) is 19.7. The highest BCUT2D eigenvalue weighted by atomic mass is 16.1. The second kappa shape index (κ2) is 5.48. The van der Waals surface area contributed by atoms with Crippen LogP contribution in [-0.2, 0) is 4.79 Å². The van der Waals surface area contributed by atoms with Crippen molar-refractivity contribution in [2.45, 2.75) is 76.5 Å². The van der Waals surface area contributed by atoms with Gasteiger partial charge in [0.15, 0.2) is 0 Å². The summed E-state index contributed by atoms with van der Waals surface area (Å²) in [6, 6.07) is 0. The molecular weight excluding hydrogens is 236 g/mol. The van der Waals surface area contributed by atoms with Gasteiger partial charge in [0, 0.05) is 30.4 Å². The van der Waals surface area contributed by atoms with Crippen molar-refractivity contribution < 1.29 is 4.79 Å². The van der Waals surface area contributed by atoms with Gasteiger partial charge in [0.1, 0.15) is 11.6 Å². The van der Waals surface area contributed by atoms with Crippen LogP contribution in [0.4, 0.5) is 0 Å². The summed E-state index contributed by atoms with van der Waals surface area (Å²) in [5, 5.41) is 0. The normalized spacial score (nSPS) is 22.9. The van der Waals surface area contributed by atoms with E-state index in [2.05, 4.69) is 11.9 Å². The molecule has 0 aliphatic heterocycles. The van der Waals surface area contributed by atoms with Gasteiger partial charge in [-0.1, -0.05) is 19.3 Å². The van der Waals surface area contributed by atoms with Crippen molar-refractivity contribution in [2.75, 3.05) is 0 Å². The molecule has 19 heavy (non-hydrogen) atoms. The molecule has 0 unspecified atom stereocenters. The minimum atomic E-state index is 0.423. The molecule has 0 amide bonds. The lowest BCUT2D eigenvalue weighted by Crippen LogP contribution is -2.13. The lowest BCUT2D eigenvalue weighted by atomic mass is 9.86. The number of nitrogens with one attached hydrogen (secondary N) is 1. The van der Waals surface area contributed by atoms with Gasteiger partial charge in [0.25, 0.3) is 0 Å². The highest BCUT2D eigenvalue weighted by Crippen LogP contribution is 2.36. The van der Waals surface area contributed by atoms with Crippen LogP contribution in [0.15, 0.2) is 0 Å². The van der Waals surface area contributed by atoms with Crippen molar-refractivity contribution in [3.8, 4) is 0 Å². The number of ketones is 1. The number of Topliss-reactive ketones (excluding diaryl/α,β-unsaturated/α-hetero) is 1. The molecular formula is C16H24N2O. The Morgan fingerprint density at radius 3 is 2.37 bits per heavy atom. The average Bonchev–Trinajstić information content (AvgIpc) is 2.83. The first kappa shape index (κ1) is 12.9. The first-order valence-corrected chi connectivity index (χ1v) is 7.82. The van der Waals surface area contributed by atoms with Crippen LogP contribution in [0.25, 0.3) is 0 Å². The molecule has 104 valence electrons. The molecule has 2 aliphatic carbocycles. The van der Waals surface area contributed by atoms with E-state index in [1.54, 1.807) is 0 Å². The van der Waals surface area contributed by atoms with Crippen molar-refractivity contribution in [1.82, 2.24) is 9.97 Å². The summed E-state index contributed by atoms with van der Waals surface area (Å²) in [6.45, 7) is 2.16. The molecule has 3 rings (SSSR count). The summed E-state index contributed by atoms with van der Waals surface area (Å²) in [5.41, 5.74) is 2.57. The number of rotatable bonds is 2. The predicted octanol–water partition coefficient (Wildman–Crippen LogP) is 3.99.